The number of benzene rings is 2. The van der Waals surface area contributed by atoms with Crippen LogP contribution in [0.5, 0.6) is 11.5 Å². The van der Waals surface area contributed by atoms with E-state index < -0.39 is 36.0 Å². The van der Waals surface area contributed by atoms with Crippen LogP contribution in [0.1, 0.15) is 68.3 Å². The van der Waals surface area contributed by atoms with Crippen LogP contribution in [-0.4, -0.2) is 95.5 Å². The number of carbonyl (C=O) groups excluding carboxylic acids is 5. The molecule has 270 valence electrons. The van der Waals surface area contributed by atoms with Crippen LogP contribution in [0.25, 0.3) is 0 Å². The van der Waals surface area contributed by atoms with Gasteiger partial charge in [0.05, 0.1) is 0 Å². The van der Waals surface area contributed by atoms with E-state index >= 15 is 0 Å². The number of nitrogens with one attached hydrogen (secondary N) is 2. The summed E-state index contributed by atoms with van der Waals surface area (Å²) in [5, 5.41) is 15.1. The molecule has 5 amide bonds. The first-order valence-corrected chi connectivity index (χ1v) is 17.1. The number of likely N-dealkylation sites (tertiary alicyclic amines) is 2. The molecule has 14 nitrogen and oxygen atoms in total. The van der Waals surface area contributed by atoms with E-state index in [-0.39, 0.29) is 48.8 Å². The quantitative estimate of drug-likeness (QED) is 0.230. The van der Waals surface area contributed by atoms with E-state index in [1.54, 1.807) is 36.4 Å². The van der Waals surface area contributed by atoms with Crippen molar-refractivity contribution in [2.24, 2.45) is 17.6 Å². The summed E-state index contributed by atoms with van der Waals surface area (Å²) in [5.74, 6) is -2.49. The van der Waals surface area contributed by atoms with Gasteiger partial charge in [-0.3, -0.25) is 19.2 Å². The van der Waals surface area contributed by atoms with Crippen molar-refractivity contribution in [2.75, 3.05) is 32.8 Å². The SMILES string of the molecule is CC(C)C[C@H](NC(=O)COc1ccc(C(=O)N2CCCCC2)cc1)C(=O)N[C@@H](Cc1ccc(OC(=O)N2CCC(C(N)=O)CC2)cc1)C(=O)O. The minimum absolute atomic E-state index is 0.00463. The second kappa shape index (κ2) is 18.0. The van der Waals surface area contributed by atoms with E-state index in [1.807, 2.05) is 18.7 Å². The van der Waals surface area contributed by atoms with Gasteiger partial charge >= 0.3 is 12.1 Å². The van der Waals surface area contributed by atoms with Crippen molar-refractivity contribution in [2.45, 2.75) is 70.9 Å². The van der Waals surface area contributed by atoms with Crippen LogP contribution in [0.3, 0.4) is 0 Å². The lowest BCUT2D eigenvalue weighted by Crippen LogP contribution is -2.53. The Morgan fingerprint density at radius 2 is 1.44 bits per heavy atom. The molecule has 0 unspecified atom stereocenters. The molecule has 0 aromatic heterocycles. The van der Waals surface area contributed by atoms with Crippen molar-refractivity contribution < 1.29 is 43.3 Å². The Balaban J connectivity index is 1.27. The van der Waals surface area contributed by atoms with E-state index in [4.69, 9.17) is 15.2 Å². The third-order valence-electron chi connectivity index (χ3n) is 8.81. The van der Waals surface area contributed by atoms with Gasteiger partial charge in [0, 0.05) is 44.1 Å². The lowest BCUT2D eigenvalue weighted by Gasteiger charge is -2.29. The number of piperidine rings is 2. The highest BCUT2D eigenvalue weighted by atomic mass is 16.6. The van der Waals surface area contributed by atoms with Gasteiger partial charge in [0.15, 0.2) is 6.61 Å². The summed E-state index contributed by atoms with van der Waals surface area (Å²) in [6, 6.07) is 10.5. The van der Waals surface area contributed by atoms with Gasteiger partial charge in [-0.1, -0.05) is 26.0 Å². The summed E-state index contributed by atoms with van der Waals surface area (Å²) in [7, 11) is 0. The number of carboxylic acid groups (broad SMARTS) is 1. The second-order valence-electron chi connectivity index (χ2n) is 13.2. The fraction of sp³-hybridized carbons (Fsp3) is 0.500. The smallest absolute Gasteiger partial charge is 0.415 e. The summed E-state index contributed by atoms with van der Waals surface area (Å²) < 4.78 is 11.0. The van der Waals surface area contributed by atoms with Crippen molar-refractivity contribution in [3.05, 3.63) is 59.7 Å². The highest BCUT2D eigenvalue weighted by molar-refractivity contribution is 5.94. The largest absolute Gasteiger partial charge is 0.484 e. The van der Waals surface area contributed by atoms with Crippen LogP contribution < -0.4 is 25.8 Å². The average molecular weight is 694 g/mol. The first-order chi connectivity index (χ1) is 23.9. The third-order valence-corrected chi connectivity index (χ3v) is 8.81. The summed E-state index contributed by atoms with van der Waals surface area (Å²) in [6.45, 7) is 5.56. The first-order valence-electron chi connectivity index (χ1n) is 17.1. The van der Waals surface area contributed by atoms with E-state index in [2.05, 4.69) is 10.6 Å². The van der Waals surface area contributed by atoms with Gasteiger partial charge < -0.3 is 40.7 Å². The zero-order chi connectivity index (χ0) is 36.2. The van der Waals surface area contributed by atoms with Gasteiger partial charge in [-0.2, -0.15) is 0 Å². The predicted molar refractivity (Wildman–Crippen MR) is 182 cm³/mol. The van der Waals surface area contributed by atoms with Gasteiger partial charge in [0.25, 0.3) is 11.8 Å². The Kier molecular flexibility index (Phi) is 13.6. The molecule has 4 rings (SSSR count). The summed E-state index contributed by atoms with van der Waals surface area (Å²) in [6.07, 6.45) is 3.70. The van der Waals surface area contributed by atoms with Crippen molar-refractivity contribution in [3.63, 3.8) is 0 Å². The molecule has 5 N–H and O–H groups in total. The molecule has 0 saturated carbocycles. The van der Waals surface area contributed by atoms with Gasteiger partial charge in [-0.15, -0.1) is 0 Å². The van der Waals surface area contributed by atoms with E-state index in [1.165, 1.54) is 17.0 Å². The van der Waals surface area contributed by atoms with Crippen LogP contribution in [0.4, 0.5) is 4.79 Å². The van der Waals surface area contributed by atoms with Crippen LogP contribution >= 0.6 is 0 Å². The average Bonchev–Trinajstić information content (AvgIpc) is 3.11. The number of carbonyl (C=O) groups is 6. The third kappa shape index (κ3) is 11.2. The van der Waals surface area contributed by atoms with E-state index in [0.717, 1.165) is 32.4 Å². The fourth-order valence-electron chi connectivity index (χ4n) is 5.97. The molecule has 2 aliphatic rings. The molecule has 2 aromatic carbocycles. The number of hydrogen-bond donors (Lipinski definition) is 4. The highest BCUT2D eigenvalue weighted by Gasteiger charge is 2.29. The molecule has 0 spiro atoms. The maximum Gasteiger partial charge on any atom is 0.415 e. The summed E-state index contributed by atoms with van der Waals surface area (Å²) in [5.41, 5.74) is 6.46. The number of rotatable bonds is 14. The fourth-order valence-corrected chi connectivity index (χ4v) is 5.97. The highest BCUT2D eigenvalue weighted by Crippen LogP contribution is 2.20. The number of hydrogen-bond acceptors (Lipinski definition) is 8. The van der Waals surface area contributed by atoms with Crippen molar-refractivity contribution in [1.82, 2.24) is 20.4 Å². The summed E-state index contributed by atoms with van der Waals surface area (Å²) in [4.78, 5) is 78.1. The Labute approximate surface area is 291 Å². The molecule has 2 aliphatic heterocycles. The molecule has 14 heteroatoms. The van der Waals surface area contributed by atoms with Gasteiger partial charge in [0.2, 0.25) is 11.8 Å². The topological polar surface area (TPSA) is 198 Å². The van der Waals surface area contributed by atoms with Crippen molar-refractivity contribution in [1.29, 1.82) is 0 Å². The number of aliphatic carboxylic acids is 1. The molecular weight excluding hydrogens is 646 g/mol. The Bertz CT molecular complexity index is 1500. The Morgan fingerprint density at radius 3 is 2.02 bits per heavy atom. The van der Waals surface area contributed by atoms with E-state index in [0.29, 0.717) is 42.8 Å². The standard InChI is InChI=1S/C36H47N5O9/c1-23(2)20-29(38-31(42)22-49-27-12-8-26(9-13-27)34(45)40-16-4-3-5-17-40)33(44)39-30(35(46)47)21-24-6-10-28(11-7-24)50-36(48)41-18-14-25(15-19-41)32(37)43/h6-13,23,25,29-30H,3-5,14-22H2,1-2H3,(H2,37,43)(H,38,42)(H,39,44)(H,46,47)/t29-,30-/m0/s1. The molecular formula is C36H47N5O9. The molecule has 2 fully saturated rings. The zero-order valence-electron chi connectivity index (χ0n) is 28.6. The predicted octanol–water partition coefficient (Wildman–Crippen LogP) is 2.73. The maximum absolute atomic E-state index is 13.3. The monoisotopic (exact) mass is 693 g/mol. The number of ether oxygens (including phenoxy) is 2. The minimum atomic E-state index is -1.29. The molecule has 50 heavy (non-hydrogen) atoms. The molecule has 2 aromatic rings. The van der Waals surface area contributed by atoms with E-state index in [9.17, 15) is 33.9 Å². The minimum Gasteiger partial charge on any atom is -0.484 e. The molecule has 0 radical (unpaired) electrons. The Morgan fingerprint density at radius 1 is 0.820 bits per heavy atom. The lowest BCUT2D eigenvalue weighted by molar-refractivity contribution is -0.142. The lowest BCUT2D eigenvalue weighted by atomic mass is 9.97. The molecule has 2 atom stereocenters. The number of nitrogens with two attached hydrogens (primary N) is 1. The zero-order valence-corrected chi connectivity index (χ0v) is 28.6. The summed E-state index contributed by atoms with van der Waals surface area (Å²) >= 11 is 0. The van der Waals surface area contributed by atoms with Crippen LogP contribution in [0, 0.1) is 11.8 Å². The van der Waals surface area contributed by atoms with Crippen LogP contribution in [0.15, 0.2) is 48.5 Å². The van der Waals surface area contributed by atoms with Crippen LogP contribution in [-0.2, 0) is 25.6 Å². The number of primary amides is 1. The second-order valence-corrected chi connectivity index (χ2v) is 13.2. The number of carboxylic acids is 1. The number of amides is 5. The Hall–Kier alpha value is -5.14. The normalized spacial score (nSPS) is 16.2. The van der Waals surface area contributed by atoms with Crippen molar-refractivity contribution >= 4 is 35.7 Å². The maximum atomic E-state index is 13.3. The van der Waals surface area contributed by atoms with Gasteiger partial charge in [0.1, 0.15) is 23.6 Å². The van der Waals surface area contributed by atoms with Crippen LogP contribution in [0.2, 0.25) is 0 Å². The van der Waals surface area contributed by atoms with Gasteiger partial charge in [-0.25, -0.2) is 9.59 Å². The van der Waals surface area contributed by atoms with Crippen molar-refractivity contribution in [3.8, 4) is 11.5 Å². The molecule has 2 heterocycles. The molecule has 2 saturated heterocycles. The number of nitrogens with zero attached hydrogens (tertiary/aromatic N) is 2. The van der Waals surface area contributed by atoms with Gasteiger partial charge in [-0.05, 0) is 86.4 Å². The molecule has 0 bridgehead atoms. The molecule has 0 aliphatic carbocycles. The first kappa shape index (κ1) is 37.7.